The summed E-state index contributed by atoms with van der Waals surface area (Å²) in [6, 6.07) is 7.37. The minimum atomic E-state index is 0.0180. The fourth-order valence-electron chi connectivity index (χ4n) is 1.78. The molecule has 1 heterocycles. The Balaban J connectivity index is 1.77. The van der Waals surface area contributed by atoms with Gasteiger partial charge in [-0.25, -0.2) is 4.98 Å². The number of aromatic nitrogens is 1. The first-order valence-electron chi connectivity index (χ1n) is 6.05. The van der Waals surface area contributed by atoms with Gasteiger partial charge in [-0.15, -0.1) is 11.3 Å². The van der Waals surface area contributed by atoms with E-state index in [1.54, 1.807) is 17.4 Å². The number of thiazole rings is 1. The Labute approximate surface area is 121 Å². The van der Waals surface area contributed by atoms with Crippen LogP contribution in [-0.4, -0.2) is 17.4 Å². The van der Waals surface area contributed by atoms with Crippen LogP contribution in [0.25, 0.3) is 0 Å². The van der Waals surface area contributed by atoms with Crippen molar-refractivity contribution in [1.82, 2.24) is 10.3 Å². The molecule has 1 amide bonds. The highest BCUT2D eigenvalue weighted by Crippen LogP contribution is 2.12. The molecule has 0 aliphatic rings. The van der Waals surface area contributed by atoms with E-state index in [1.807, 2.05) is 30.6 Å². The first kappa shape index (κ1) is 14.0. The molecule has 3 nitrogen and oxygen atoms in total. The van der Waals surface area contributed by atoms with Gasteiger partial charge in [0, 0.05) is 22.9 Å². The van der Waals surface area contributed by atoms with Gasteiger partial charge < -0.3 is 5.32 Å². The lowest BCUT2D eigenvalue weighted by Crippen LogP contribution is -2.27. The molecule has 0 aliphatic carbocycles. The quantitative estimate of drug-likeness (QED) is 0.921. The number of halogens is 1. The molecular weight excluding hydrogens is 280 g/mol. The van der Waals surface area contributed by atoms with Crippen molar-refractivity contribution in [3.63, 3.8) is 0 Å². The molecule has 0 saturated carbocycles. The van der Waals surface area contributed by atoms with Crippen molar-refractivity contribution in [3.05, 3.63) is 50.9 Å². The fraction of sp³-hybridized carbons (Fsp3) is 0.286. The number of aryl methyl sites for hydroxylation is 1. The summed E-state index contributed by atoms with van der Waals surface area (Å²) in [5.41, 5.74) is 3.81. The van der Waals surface area contributed by atoms with E-state index in [4.69, 9.17) is 11.6 Å². The molecule has 0 spiro atoms. The summed E-state index contributed by atoms with van der Waals surface area (Å²) >= 11 is 7.51. The fourth-order valence-corrected chi connectivity index (χ4v) is 2.77. The van der Waals surface area contributed by atoms with Gasteiger partial charge in [0.15, 0.2) is 0 Å². The normalized spacial score (nSPS) is 10.4. The van der Waals surface area contributed by atoms with Crippen LogP contribution in [0.4, 0.5) is 0 Å². The number of rotatable bonds is 5. The molecule has 1 aromatic carbocycles. The van der Waals surface area contributed by atoms with Gasteiger partial charge in [0.1, 0.15) is 0 Å². The first-order valence-corrected chi connectivity index (χ1v) is 7.31. The number of nitrogens with zero attached hydrogens (tertiary/aromatic N) is 1. The van der Waals surface area contributed by atoms with Gasteiger partial charge in [-0.05, 0) is 24.6 Å². The van der Waals surface area contributed by atoms with Crippen molar-refractivity contribution < 1.29 is 4.79 Å². The minimum Gasteiger partial charge on any atom is -0.355 e. The molecule has 0 unspecified atom stereocenters. The van der Waals surface area contributed by atoms with Gasteiger partial charge in [0.2, 0.25) is 5.91 Å². The van der Waals surface area contributed by atoms with Crippen molar-refractivity contribution in [2.24, 2.45) is 0 Å². The lowest BCUT2D eigenvalue weighted by atomic mass is 10.1. The maximum Gasteiger partial charge on any atom is 0.224 e. The van der Waals surface area contributed by atoms with Crippen LogP contribution < -0.4 is 5.32 Å². The molecule has 100 valence electrons. The summed E-state index contributed by atoms with van der Waals surface area (Å²) in [7, 11) is 0. The summed E-state index contributed by atoms with van der Waals surface area (Å²) in [6.45, 7) is 2.63. The number of hydrogen-bond donors (Lipinski definition) is 1. The zero-order valence-corrected chi connectivity index (χ0v) is 12.2. The molecule has 0 saturated heterocycles. The van der Waals surface area contributed by atoms with Crippen LogP contribution in [0.5, 0.6) is 0 Å². The molecule has 19 heavy (non-hydrogen) atoms. The third-order valence-corrected chi connectivity index (χ3v) is 4.00. The maximum atomic E-state index is 11.8. The standard InChI is InChI=1S/C14H15ClN2OS/c1-10-13(19-9-17-10)5-6-16-14(18)8-11-3-2-4-12(15)7-11/h2-4,7,9H,5-6,8H2,1H3,(H,16,18). The summed E-state index contributed by atoms with van der Waals surface area (Å²) in [5, 5.41) is 3.57. The number of amides is 1. The monoisotopic (exact) mass is 294 g/mol. The van der Waals surface area contributed by atoms with Crippen LogP contribution in [0.3, 0.4) is 0 Å². The van der Waals surface area contributed by atoms with Crippen LogP contribution in [0, 0.1) is 6.92 Å². The van der Waals surface area contributed by atoms with Gasteiger partial charge in [0.05, 0.1) is 17.6 Å². The molecule has 0 bridgehead atoms. The van der Waals surface area contributed by atoms with E-state index in [0.717, 1.165) is 17.7 Å². The van der Waals surface area contributed by atoms with Crippen molar-refractivity contribution in [1.29, 1.82) is 0 Å². The second kappa shape index (κ2) is 6.68. The van der Waals surface area contributed by atoms with Crippen LogP contribution in [0.15, 0.2) is 29.8 Å². The zero-order valence-electron chi connectivity index (χ0n) is 10.6. The second-order valence-corrected chi connectivity index (χ2v) is 5.64. The molecule has 1 N–H and O–H groups in total. The van der Waals surface area contributed by atoms with E-state index < -0.39 is 0 Å². The van der Waals surface area contributed by atoms with E-state index >= 15 is 0 Å². The van der Waals surface area contributed by atoms with Crippen LogP contribution in [0.2, 0.25) is 5.02 Å². The lowest BCUT2D eigenvalue weighted by molar-refractivity contribution is -0.120. The maximum absolute atomic E-state index is 11.8. The van der Waals surface area contributed by atoms with Gasteiger partial charge in [-0.1, -0.05) is 23.7 Å². The Bertz CT molecular complexity index is 568. The predicted octanol–water partition coefficient (Wildman–Crippen LogP) is 3.01. The highest BCUT2D eigenvalue weighted by atomic mass is 35.5. The average Bonchev–Trinajstić information content (AvgIpc) is 2.75. The first-order chi connectivity index (χ1) is 9.15. The minimum absolute atomic E-state index is 0.0180. The van der Waals surface area contributed by atoms with Crippen LogP contribution in [0.1, 0.15) is 16.1 Å². The second-order valence-electron chi connectivity index (χ2n) is 4.27. The smallest absolute Gasteiger partial charge is 0.224 e. The number of nitrogens with one attached hydrogen (secondary N) is 1. The van der Waals surface area contributed by atoms with Gasteiger partial charge in [0.25, 0.3) is 0 Å². The SMILES string of the molecule is Cc1ncsc1CCNC(=O)Cc1cccc(Cl)c1. The largest absolute Gasteiger partial charge is 0.355 e. The molecule has 2 aromatic rings. The summed E-state index contributed by atoms with van der Waals surface area (Å²) in [6.07, 6.45) is 1.19. The van der Waals surface area contributed by atoms with E-state index in [9.17, 15) is 4.79 Å². The van der Waals surface area contributed by atoms with Crippen molar-refractivity contribution in [3.8, 4) is 0 Å². The Morgan fingerprint density at radius 2 is 2.32 bits per heavy atom. The highest BCUT2D eigenvalue weighted by Gasteiger charge is 2.05. The lowest BCUT2D eigenvalue weighted by Gasteiger charge is -2.05. The summed E-state index contributed by atoms with van der Waals surface area (Å²) in [4.78, 5) is 17.2. The number of carbonyl (C=O) groups is 1. The van der Waals surface area contributed by atoms with Crippen LogP contribution >= 0.6 is 22.9 Å². The molecule has 0 atom stereocenters. The highest BCUT2D eigenvalue weighted by molar-refractivity contribution is 7.09. The summed E-state index contributed by atoms with van der Waals surface area (Å²) in [5.74, 6) is 0.0180. The molecule has 0 fully saturated rings. The van der Waals surface area contributed by atoms with Gasteiger partial charge >= 0.3 is 0 Å². The van der Waals surface area contributed by atoms with Crippen LogP contribution in [-0.2, 0) is 17.6 Å². The number of carbonyl (C=O) groups excluding carboxylic acids is 1. The Morgan fingerprint density at radius 1 is 1.47 bits per heavy atom. The van der Waals surface area contributed by atoms with Crippen molar-refractivity contribution in [2.75, 3.05) is 6.54 Å². The topological polar surface area (TPSA) is 42.0 Å². The zero-order chi connectivity index (χ0) is 13.7. The third kappa shape index (κ3) is 4.33. The van der Waals surface area contributed by atoms with Crippen molar-refractivity contribution >= 4 is 28.8 Å². The van der Waals surface area contributed by atoms with Gasteiger partial charge in [-0.3, -0.25) is 4.79 Å². The molecule has 0 radical (unpaired) electrons. The third-order valence-electron chi connectivity index (χ3n) is 2.77. The van der Waals surface area contributed by atoms with Crippen molar-refractivity contribution in [2.45, 2.75) is 19.8 Å². The average molecular weight is 295 g/mol. The van der Waals surface area contributed by atoms with E-state index in [2.05, 4.69) is 10.3 Å². The predicted molar refractivity (Wildman–Crippen MR) is 78.7 cm³/mol. The molecule has 2 rings (SSSR count). The molecular formula is C14H15ClN2OS. The number of benzene rings is 1. The van der Waals surface area contributed by atoms with Gasteiger partial charge in [-0.2, -0.15) is 0 Å². The van der Waals surface area contributed by atoms with E-state index in [1.165, 1.54) is 4.88 Å². The Morgan fingerprint density at radius 3 is 3.00 bits per heavy atom. The summed E-state index contributed by atoms with van der Waals surface area (Å²) < 4.78 is 0. The van der Waals surface area contributed by atoms with E-state index in [0.29, 0.717) is 18.0 Å². The Kier molecular flexibility index (Phi) is 4.93. The molecule has 1 aromatic heterocycles. The van der Waals surface area contributed by atoms with E-state index in [-0.39, 0.29) is 5.91 Å². The Hall–Kier alpha value is -1.39. The number of hydrogen-bond acceptors (Lipinski definition) is 3. The molecule has 5 heteroatoms. The molecule has 0 aliphatic heterocycles.